The smallest absolute Gasteiger partial charge is 0.166 e. The van der Waals surface area contributed by atoms with Crippen LogP contribution < -0.4 is 5.73 Å². The van der Waals surface area contributed by atoms with E-state index in [2.05, 4.69) is 10.2 Å². The minimum atomic E-state index is 0.500. The average Bonchev–Trinajstić information content (AvgIpc) is 2.73. The summed E-state index contributed by atoms with van der Waals surface area (Å²) in [6.45, 7) is 1.92. The molecule has 1 aromatic heterocycles. The number of nitrogen functional groups attached to an aromatic ring is 1. The lowest BCUT2D eigenvalue weighted by atomic mass is 10.1. The maximum absolute atomic E-state index is 5.95. The van der Waals surface area contributed by atoms with E-state index in [9.17, 15) is 0 Å². The first-order valence-electron chi connectivity index (χ1n) is 5.31. The summed E-state index contributed by atoms with van der Waals surface area (Å²) in [4.78, 5) is 0. The van der Waals surface area contributed by atoms with E-state index < -0.39 is 0 Å². The fraction of sp³-hybridized carbons (Fsp3) is 0.273. The highest BCUT2D eigenvalue weighted by atomic mass is 35.5. The minimum Gasteiger partial charge on any atom is -0.398 e. The topological polar surface area (TPSA) is 66.0 Å². The van der Waals surface area contributed by atoms with Crippen molar-refractivity contribution < 1.29 is 4.74 Å². The van der Waals surface area contributed by atoms with E-state index in [-0.39, 0.29) is 0 Å². The van der Waals surface area contributed by atoms with Gasteiger partial charge in [-0.25, -0.2) is 0 Å². The number of ether oxygens (including phenoxy) is 1. The standard InChI is InChI=1S/C11H11ClN4O/c12-7-1-2-8(9(13)5-7)11-15-14-10-6-17-4-3-16(10)11/h1-2,5H,3-4,6,13H2. The largest absolute Gasteiger partial charge is 0.398 e. The van der Waals surface area contributed by atoms with Crippen molar-refractivity contribution >= 4 is 17.3 Å². The molecule has 2 N–H and O–H groups in total. The zero-order chi connectivity index (χ0) is 11.8. The first-order valence-corrected chi connectivity index (χ1v) is 5.69. The molecule has 0 atom stereocenters. The molecule has 1 aromatic carbocycles. The zero-order valence-corrected chi connectivity index (χ0v) is 9.81. The summed E-state index contributed by atoms with van der Waals surface area (Å²) in [6.07, 6.45) is 0. The quantitative estimate of drug-likeness (QED) is 0.783. The van der Waals surface area contributed by atoms with Gasteiger partial charge in [0.15, 0.2) is 11.6 Å². The summed E-state index contributed by atoms with van der Waals surface area (Å²) < 4.78 is 7.35. The first kappa shape index (κ1) is 10.6. The number of benzene rings is 1. The van der Waals surface area contributed by atoms with E-state index in [1.54, 1.807) is 12.1 Å². The molecule has 0 saturated heterocycles. The van der Waals surface area contributed by atoms with Gasteiger partial charge in [0.25, 0.3) is 0 Å². The molecule has 5 nitrogen and oxygen atoms in total. The molecule has 3 rings (SSSR count). The predicted molar refractivity (Wildman–Crippen MR) is 64.5 cm³/mol. The molecule has 0 radical (unpaired) electrons. The Morgan fingerprint density at radius 2 is 2.24 bits per heavy atom. The third-order valence-electron chi connectivity index (χ3n) is 2.77. The van der Waals surface area contributed by atoms with Gasteiger partial charge in [-0.1, -0.05) is 11.6 Å². The predicted octanol–water partition coefficient (Wildman–Crippen LogP) is 1.71. The minimum absolute atomic E-state index is 0.500. The molecule has 17 heavy (non-hydrogen) atoms. The summed E-state index contributed by atoms with van der Waals surface area (Å²) in [6, 6.07) is 5.39. The van der Waals surface area contributed by atoms with E-state index >= 15 is 0 Å². The number of aromatic nitrogens is 3. The van der Waals surface area contributed by atoms with Crippen LogP contribution in [0.15, 0.2) is 18.2 Å². The van der Waals surface area contributed by atoms with Crippen LogP contribution in [0.5, 0.6) is 0 Å². The van der Waals surface area contributed by atoms with Crippen molar-refractivity contribution in [2.75, 3.05) is 12.3 Å². The van der Waals surface area contributed by atoms with E-state index in [1.807, 2.05) is 10.6 Å². The lowest BCUT2D eigenvalue weighted by molar-refractivity contribution is 0.0821. The van der Waals surface area contributed by atoms with E-state index in [4.69, 9.17) is 22.1 Å². The summed E-state index contributed by atoms with van der Waals surface area (Å²) in [7, 11) is 0. The van der Waals surface area contributed by atoms with Gasteiger partial charge < -0.3 is 15.0 Å². The van der Waals surface area contributed by atoms with Crippen LogP contribution in [-0.4, -0.2) is 21.4 Å². The third kappa shape index (κ3) is 1.77. The molecule has 0 unspecified atom stereocenters. The van der Waals surface area contributed by atoms with E-state index in [0.29, 0.717) is 23.9 Å². The number of hydrogen-bond acceptors (Lipinski definition) is 4. The molecule has 1 aliphatic heterocycles. The highest BCUT2D eigenvalue weighted by Gasteiger charge is 2.18. The fourth-order valence-corrected chi connectivity index (χ4v) is 2.11. The van der Waals surface area contributed by atoms with E-state index in [0.717, 1.165) is 23.8 Å². The van der Waals surface area contributed by atoms with Gasteiger partial charge in [0.05, 0.1) is 6.61 Å². The molecule has 0 bridgehead atoms. The summed E-state index contributed by atoms with van der Waals surface area (Å²) in [5.74, 6) is 1.61. The summed E-state index contributed by atoms with van der Waals surface area (Å²) in [5, 5.41) is 8.88. The molecule has 2 aromatic rings. The zero-order valence-electron chi connectivity index (χ0n) is 9.06. The lowest BCUT2D eigenvalue weighted by Crippen LogP contribution is -2.17. The number of rotatable bonds is 1. The number of nitrogens with two attached hydrogens (primary N) is 1. The Labute approximate surface area is 103 Å². The van der Waals surface area contributed by atoms with Gasteiger partial charge in [0.1, 0.15) is 6.61 Å². The SMILES string of the molecule is Nc1cc(Cl)ccc1-c1nnc2n1CCOC2. The lowest BCUT2D eigenvalue weighted by Gasteiger charge is -2.16. The van der Waals surface area contributed by atoms with Gasteiger partial charge in [-0.15, -0.1) is 10.2 Å². The molecule has 0 spiro atoms. The van der Waals surface area contributed by atoms with Crippen molar-refractivity contribution in [1.29, 1.82) is 0 Å². The molecule has 1 aliphatic rings. The molecular weight excluding hydrogens is 240 g/mol. The van der Waals surface area contributed by atoms with Crippen LogP contribution in [-0.2, 0) is 17.9 Å². The molecule has 0 saturated carbocycles. The second-order valence-corrected chi connectivity index (χ2v) is 4.31. The maximum atomic E-state index is 5.95. The van der Waals surface area contributed by atoms with E-state index in [1.165, 1.54) is 0 Å². The Bertz CT molecular complexity index is 567. The third-order valence-corrected chi connectivity index (χ3v) is 3.01. The second-order valence-electron chi connectivity index (χ2n) is 3.88. The number of nitrogens with zero attached hydrogens (tertiary/aromatic N) is 3. The van der Waals surface area contributed by atoms with Gasteiger partial charge in [0, 0.05) is 22.8 Å². The van der Waals surface area contributed by atoms with Crippen LogP contribution in [0.25, 0.3) is 11.4 Å². The summed E-state index contributed by atoms with van der Waals surface area (Å²) >= 11 is 5.88. The van der Waals surface area contributed by atoms with Crippen molar-refractivity contribution in [3.05, 3.63) is 29.0 Å². The van der Waals surface area contributed by atoms with Gasteiger partial charge in [-0.2, -0.15) is 0 Å². The van der Waals surface area contributed by atoms with Gasteiger partial charge in [0.2, 0.25) is 0 Å². The van der Waals surface area contributed by atoms with Crippen molar-refractivity contribution in [2.24, 2.45) is 0 Å². The van der Waals surface area contributed by atoms with Crippen LogP contribution in [0, 0.1) is 0 Å². The van der Waals surface area contributed by atoms with Crippen molar-refractivity contribution in [3.63, 3.8) is 0 Å². The molecular formula is C11H11ClN4O. The van der Waals surface area contributed by atoms with Crippen LogP contribution in [0.1, 0.15) is 5.82 Å². The number of halogens is 1. The molecule has 0 amide bonds. The number of anilines is 1. The number of hydrogen-bond donors (Lipinski definition) is 1. The molecule has 2 heterocycles. The maximum Gasteiger partial charge on any atom is 0.166 e. The molecule has 0 fully saturated rings. The normalized spacial score (nSPS) is 14.6. The Morgan fingerprint density at radius 3 is 3.06 bits per heavy atom. The fourth-order valence-electron chi connectivity index (χ4n) is 1.93. The Hall–Kier alpha value is -1.59. The van der Waals surface area contributed by atoms with Crippen molar-refractivity contribution in [3.8, 4) is 11.4 Å². The van der Waals surface area contributed by atoms with Crippen molar-refractivity contribution in [2.45, 2.75) is 13.2 Å². The average molecular weight is 251 g/mol. The Morgan fingerprint density at radius 1 is 1.35 bits per heavy atom. The highest BCUT2D eigenvalue weighted by Crippen LogP contribution is 2.28. The number of fused-ring (bicyclic) bond motifs is 1. The molecule has 6 heteroatoms. The van der Waals surface area contributed by atoms with Crippen LogP contribution in [0.2, 0.25) is 5.02 Å². The first-order chi connectivity index (χ1) is 8.25. The van der Waals surface area contributed by atoms with Crippen molar-refractivity contribution in [1.82, 2.24) is 14.8 Å². The van der Waals surface area contributed by atoms with Gasteiger partial charge in [-0.05, 0) is 18.2 Å². The van der Waals surface area contributed by atoms with Crippen LogP contribution >= 0.6 is 11.6 Å². The summed E-state index contributed by atoms with van der Waals surface area (Å²) in [5.41, 5.74) is 7.42. The van der Waals surface area contributed by atoms with Crippen LogP contribution in [0.3, 0.4) is 0 Å². The molecule has 0 aliphatic carbocycles. The monoisotopic (exact) mass is 250 g/mol. The molecule has 88 valence electrons. The van der Waals surface area contributed by atoms with Gasteiger partial charge in [-0.3, -0.25) is 0 Å². The Balaban J connectivity index is 2.12. The highest BCUT2D eigenvalue weighted by molar-refractivity contribution is 6.31. The van der Waals surface area contributed by atoms with Gasteiger partial charge >= 0.3 is 0 Å². The second kappa shape index (κ2) is 4.01. The Kier molecular flexibility index (Phi) is 2.49. The van der Waals surface area contributed by atoms with Crippen LogP contribution in [0.4, 0.5) is 5.69 Å².